The van der Waals surface area contributed by atoms with Crippen LogP contribution in [0.5, 0.6) is 5.75 Å². The molecule has 0 radical (unpaired) electrons. The van der Waals surface area contributed by atoms with Gasteiger partial charge in [-0.15, -0.1) is 0 Å². The van der Waals surface area contributed by atoms with Crippen molar-refractivity contribution in [1.29, 1.82) is 0 Å². The largest absolute Gasteiger partial charge is 0.497 e. The number of carbonyl (C=O) groups excluding carboxylic acids is 1. The molecule has 0 spiro atoms. The maximum absolute atomic E-state index is 14.2. The van der Waals surface area contributed by atoms with Crippen molar-refractivity contribution in [3.63, 3.8) is 0 Å². The van der Waals surface area contributed by atoms with E-state index in [1.165, 1.54) is 18.2 Å². The summed E-state index contributed by atoms with van der Waals surface area (Å²) < 4.78 is 34.6. The van der Waals surface area contributed by atoms with E-state index in [-0.39, 0.29) is 17.5 Å². The van der Waals surface area contributed by atoms with Crippen LogP contribution in [0.3, 0.4) is 0 Å². The molecule has 1 fully saturated rings. The molecule has 0 bridgehead atoms. The number of rotatable bonds is 5. The first-order valence-electron chi connectivity index (χ1n) is 11.3. The summed E-state index contributed by atoms with van der Waals surface area (Å²) in [5.74, 6) is -0.157. The molecule has 1 amide bonds. The fraction of sp³-hybridized carbons (Fsp3) is 0.185. The number of amides is 1. The number of ether oxygens (including phenoxy) is 1. The van der Waals surface area contributed by atoms with E-state index in [1.54, 1.807) is 53.1 Å². The molecule has 0 atom stereocenters. The van der Waals surface area contributed by atoms with Gasteiger partial charge in [0.05, 0.1) is 24.2 Å². The molecule has 1 aliphatic heterocycles. The second-order valence-electron chi connectivity index (χ2n) is 8.27. The SMILES string of the molecule is COc1cccc(-c2cc(C(=O)N3CCN(c4ccccc4F)CC3)n(-c3ccc(F)cc3)n2)c1. The summed E-state index contributed by atoms with van der Waals surface area (Å²) in [5, 5.41) is 4.68. The van der Waals surface area contributed by atoms with Gasteiger partial charge in [-0.2, -0.15) is 5.10 Å². The highest BCUT2D eigenvalue weighted by molar-refractivity contribution is 5.94. The lowest BCUT2D eigenvalue weighted by Gasteiger charge is -2.36. The highest BCUT2D eigenvalue weighted by Gasteiger charge is 2.27. The number of benzene rings is 3. The van der Waals surface area contributed by atoms with E-state index < -0.39 is 0 Å². The average molecular weight is 475 g/mol. The molecular weight excluding hydrogens is 450 g/mol. The standard InChI is InChI=1S/C27H24F2N4O2/c1-35-22-6-4-5-19(17-22)24-18-26(33(30-24)21-11-9-20(28)10-12-21)27(34)32-15-13-31(14-16-32)25-8-3-2-7-23(25)29/h2-12,17-18H,13-16H2,1H3. The fourth-order valence-corrected chi connectivity index (χ4v) is 4.26. The molecule has 3 aromatic carbocycles. The van der Waals surface area contributed by atoms with Crippen molar-refractivity contribution in [2.45, 2.75) is 0 Å². The van der Waals surface area contributed by atoms with Gasteiger partial charge >= 0.3 is 0 Å². The van der Waals surface area contributed by atoms with Crippen molar-refractivity contribution in [2.75, 3.05) is 38.2 Å². The fourth-order valence-electron chi connectivity index (χ4n) is 4.26. The van der Waals surface area contributed by atoms with Gasteiger partial charge in [0, 0.05) is 31.7 Å². The van der Waals surface area contributed by atoms with Gasteiger partial charge in [0.1, 0.15) is 23.1 Å². The van der Waals surface area contributed by atoms with Gasteiger partial charge < -0.3 is 14.5 Å². The van der Waals surface area contributed by atoms with Crippen molar-refractivity contribution in [1.82, 2.24) is 14.7 Å². The van der Waals surface area contributed by atoms with E-state index in [4.69, 9.17) is 4.74 Å². The molecule has 2 heterocycles. The number of nitrogens with zero attached hydrogens (tertiary/aromatic N) is 4. The predicted molar refractivity (Wildman–Crippen MR) is 130 cm³/mol. The van der Waals surface area contributed by atoms with Gasteiger partial charge in [0.2, 0.25) is 0 Å². The third-order valence-corrected chi connectivity index (χ3v) is 6.13. The van der Waals surface area contributed by atoms with Crippen molar-refractivity contribution < 1.29 is 18.3 Å². The first-order chi connectivity index (χ1) is 17.0. The molecular formula is C27H24F2N4O2. The Kier molecular flexibility index (Phi) is 6.18. The lowest BCUT2D eigenvalue weighted by atomic mass is 10.1. The minimum absolute atomic E-state index is 0.191. The van der Waals surface area contributed by atoms with Crippen molar-refractivity contribution in [2.24, 2.45) is 0 Å². The highest BCUT2D eigenvalue weighted by atomic mass is 19.1. The summed E-state index contributed by atoms with van der Waals surface area (Å²) in [4.78, 5) is 17.3. The lowest BCUT2D eigenvalue weighted by Crippen LogP contribution is -2.49. The Hall–Kier alpha value is -4.20. The molecule has 1 saturated heterocycles. The van der Waals surface area contributed by atoms with Gasteiger partial charge in [-0.1, -0.05) is 24.3 Å². The quantitative estimate of drug-likeness (QED) is 0.418. The zero-order valence-electron chi connectivity index (χ0n) is 19.2. The molecule has 0 saturated carbocycles. The summed E-state index contributed by atoms with van der Waals surface area (Å²) in [7, 11) is 1.59. The summed E-state index contributed by atoms with van der Waals surface area (Å²) in [5.41, 5.74) is 2.88. The molecule has 178 valence electrons. The van der Waals surface area contributed by atoms with Crippen LogP contribution in [-0.4, -0.2) is 53.9 Å². The first-order valence-corrected chi connectivity index (χ1v) is 11.3. The van der Waals surface area contributed by atoms with E-state index in [0.29, 0.717) is 54.7 Å². The van der Waals surface area contributed by atoms with Crippen LogP contribution in [0.2, 0.25) is 0 Å². The molecule has 35 heavy (non-hydrogen) atoms. The minimum atomic E-state index is -0.369. The summed E-state index contributed by atoms with van der Waals surface area (Å²) in [6.07, 6.45) is 0. The Labute approximate surface area is 202 Å². The molecule has 0 N–H and O–H groups in total. The van der Waals surface area contributed by atoms with Crippen LogP contribution in [0.4, 0.5) is 14.5 Å². The van der Waals surface area contributed by atoms with Crippen LogP contribution < -0.4 is 9.64 Å². The molecule has 6 nitrogen and oxygen atoms in total. The Balaban J connectivity index is 1.45. The zero-order valence-corrected chi connectivity index (χ0v) is 19.2. The number of carbonyl (C=O) groups is 1. The van der Waals surface area contributed by atoms with E-state index in [1.807, 2.05) is 29.2 Å². The summed E-state index contributed by atoms with van der Waals surface area (Å²) in [6.45, 7) is 1.91. The Morgan fingerprint density at radius 3 is 2.34 bits per heavy atom. The highest BCUT2D eigenvalue weighted by Crippen LogP contribution is 2.27. The van der Waals surface area contributed by atoms with Gasteiger partial charge in [-0.25, -0.2) is 13.5 Å². The smallest absolute Gasteiger partial charge is 0.272 e. The third kappa shape index (κ3) is 4.59. The second-order valence-corrected chi connectivity index (χ2v) is 8.27. The molecule has 4 aromatic rings. The molecule has 0 aliphatic carbocycles. The zero-order chi connectivity index (χ0) is 24.4. The molecule has 5 rings (SSSR count). The number of anilines is 1. The maximum Gasteiger partial charge on any atom is 0.272 e. The molecule has 8 heteroatoms. The first kappa shape index (κ1) is 22.6. The van der Waals surface area contributed by atoms with E-state index in [2.05, 4.69) is 5.10 Å². The Morgan fingerprint density at radius 1 is 0.886 bits per heavy atom. The number of piperazine rings is 1. The number of aromatic nitrogens is 2. The Bertz CT molecular complexity index is 1350. The van der Waals surface area contributed by atoms with E-state index >= 15 is 0 Å². The summed E-state index contributed by atoms with van der Waals surface area (Å²) in [6, 6.07) is 21.7. The van der Waals surface area contributed by atoms with Crippen molar-refractivity contribution >= 4 is 11.6 Å². The maximum atomic E-state index is 14.2. The normalized spacial score (nSPS) is 13.7. The minimum Gasteiger partial charge on any atom is -0.497 e. The summed E-state index contributed by atoms with van der Waals surface area (Å²) >= 11 is 0. The number of hydrogen-bond donors (Lipinski definition) is 0. The van der Waals surface area contributed by atoms with Crippen molar-refractivity contribution in [3.05, 3.63) is 96.2 Å². The monoisotopic (exact) mass is 474 g/mol. The van der Waals surface area contributed by atoms with Gasteiger partial charge in [-0.05, 0) is 54.6 Å². The molecule has 1 aliphatic rings. The van der Waals surface area contributed by atoms with Crippen LogP contribution >= 0.6 is 0 Å². The number of hydrogen-bond acceptors (Lipinski definition) is 4. The second kappa shape index (κ2) is 9.58. The average Bonchev–Trinajstić information content (AvgIpc) is 3.35. The van der Waals surface area contributed by atoms with Gasteiger partial charge in [0.15, 0.2) is 0 Å². The van der Waals surface area contributed by atoms with Crippen LogP contribution in [0.1, 0.15) is 10.5 Å². The molecule has 0 unspecified atom stereocenters. The number of methoxy groups -OCH3 is 1. The topological polar surface area (TPSA) is 50.6 Å². The van der Waals surface area contributed by atoms with Crippen molar-refractivity contribution in [3.8, 4) is 22.7 Å². The van der Waals surface area contributed by atoms with Gasteiger partial charge in [-0.3, -0.25) is 4.79 Å². The van der Waals surface area contributed by atoms with Crippen LogP contribution in [0.15, 0.2) is 78.9 Å². The lowest BCUT2D eigenvalue weighted by molar-refractivity contribution is 0.0737. The van der Waals surface area contributed by atoms with Crippen LogP contribution in [-0.2, 0) is 0 Å². The Morgan fingerprint density at radius 2 is 1.63 bits per heavy atom. The third-order valence-electron chi connectivity index (χ3n) is 6.13. The van der Waals surface area contributed by atoms with E-state index in [0.717, 1.165) is 5.56 Å². The molecule has 1 aromatic heterocycles. The number of para-hydroxylation sites is 1. The predicted octanol–water partition coefficient (Wildman–Crippen LogP) is 4.79. The van der Waals surface area contributed by atoms with Crippen LogP contribution in [0, 0.1) is 11.6 Å². The van der Waals surface area contributed by atoms with E-state index in [9.17, 15) is 13.6 Å². The van der Waals surface area contributed by atoms with Gasteiger partial charge in [0.25, 0.3) is 5.91 Å². The number of halogens is 2. The van der Waals surface area contributed by atoms with Crippen LogP contribution in [0.25, 0.3) is 16.9 Å².